The van der Waals surface area contributed by atoms with Gasteiger partial charge in [-0.25, -0.2) is 4.98 Å². The summed E-state index contributed by atoms with van der Waals surface area (Å²) in [6, 6.07) is 8.76. The fourth-order valence-corrected chi connectivity index (χ4v) is 2.58. The number of hydrogen-bond donors (Lipinski definition) is 1. The van der Waals surface area contributed by atoms with Crippen LogP contribution in [0.25, 0.3) is 11.3 Å². The van der Waals surface area contributed by atoms with E-state index < -0.39 is 0 Å². The summed E-state index contributed by atoms with van der Waals surface area (Å²) >= 11 is 1.71. The van der Waals surface area contributed by atoms with E-state index in [9.17, 15) is 0 Å². The van der Waals surface area contributed by atoms with Crippen LogP contribution in [0.3, 0.4) is 0 Å². The molecule has 4 heteroatoms. The van der Waals surface area contributed by atoms with Crippen LogP contribution >= 0.6 is 11.3 Å². The lowest BCUT2D eigenvalue weighted by Gasteiger charge is -2.01. The van der Waals surface area contributed by atoms with Crippen LogP contribution in [0, 0.1) is 0 Å². The molecule has 0 atom stereocenters. The number of nitrogens with zero attached hydrogens (tertiary/aromatic N) is 1. The lowest BCUT2D eigenvalue weighted by molar-refractivity contribution is 0.415. The van der Waals surface area contributed by atoms with Crippen molar-refractivity contribution in [3.05, 3.63) is 34.7 Å². The molecule has 0 saturated heterocycles. The summed E-state index contributed by atoms with van der Waals surface area (Å²) in [5.74, 6) is 0.873. The lowest BCUT2D eigenvalue weighted by Crippen LogP contribution is -2.14. The number of benzene rings is 1. The van der Waals surface area contributed by atoms with Gasteiger partial charge in [-0.05, 0) is 25.0 Å². The van der Waals surface area contributed by atoms with Gasteiger partial charge in [-0.3, -0.25) is 0 Å². The minimum atomic E-state index is 0.731. The molecule has 1 fully saturated rings. The van der Waals surface area contributed by atoms with Gasteiger partial charge in [-0.15, -0.1) is 11.3 Å². The van der Waals surface area contributed by atoms with E-state index in [4.69, 9.17) is 4.74 Å². The minimum Gasteiger partial charge on any atom is -0.497 e. The highest BCUT2D eigenvalue weighted by atomic mass is 32.1. The number of hydrogen-bond acceptors (Lipinski definition) is 4. The van der Waals surface area contributed by atoms with Crippen LogP contribution in [-0.4, -0.2) is 18.1 Å². The van der Waals surface area contributed by atoms with Crippen LogP contribution in [0.5, 0.6) is 5.75 Å². The van der Waals surface area contributed by atoms with Crippen molar-refractivity contribution in [2.75, 3.05) is 7.11 Å². The van der Waals surface area contributed by atoms with Crippen LogP contribution < -0.4 is 10.1 Å². The Hall–Kier alpha value is -1.39. The Morgan fingerprint density at radius 2 is 2.33 bits per heavy atom. The molecule has 1 heterocycles. The Labute approximate surface area is 111 Å². The average Bonchev–Trinajstić information content (AvgIpc) is 3.13. The number of methoxy groups -OCH3 is 1. The zero-order chi connectivity index (χ0) is 12.4. The molecule has 0 spiro atoms. The second-order valence-corrected chi connectivity index (χ2v) is 5.46. The first-order chi connectivity index (χ1) is 8.85. The summed E-state index contributed by atoms with van der Waals surface area (Å²) in [6.07, 6.45) is 2.63. The predicted octanol–water partition coefficient (Wildman–Crippen LogP) is 3.07. The third kappa shape index (κ3) is 2.71. The smallest absolute Gasteiger partial charge is 0.119 e. The molecular weight excluding hydrogens is 244 g/mol. The van der Waals surface area contributed by atoms with E-state index in [1.807, 2.05) is 18.2 Å². The fraction of sp³-hybridized carbons (Fsp3) is 0.357. The molecule has 0 aliphatic heterocycles. The Morgan fingerprint density at radius 3 is 3.11 bits per heavy atom. The van der Waals surface area contributed by atoms with E-state index in [1.165, 1.54) is 12.8 Å². The van der Waals surface area contributed by atoms with E-state index in [-0.39, 0.29) is 0 Å². The van der Waals surface area contributed by atoms with Crippen LogP contribution in [0.4, 0.5) is 0 Å². The summed E-state index contributed by atoms with van der Waals surface area (Å²) < 4.78 is 5.23. The van der Waals surface area contributed by atoms with Gasteiger partial charge < -0.3 is 10.1 Å². The summed E-state index contributed by atoms with van der Waals surface area (Å²) in [6.45, 7) is 0.888. The predicted molar refractivity (Wildman–Crippen MR) is 74.0 cm³/mol. The normalized spacial score (nSPS) is 14.7. The molecule has 0 amide bonds. The highest BCUT2D eigenvalue weighted by molar-refractivity contribution is 7.09. The lowest BCUT2D eigenvalue weighted by atomic mass is 10.2. The maximum Gasteiger partial charge on any atom is 0.119 e. The molecule has 1 aliphatic carbocycles. The molecule has 1 N–H and O–H groups in total. The molecule has 18 heavy (non-hydrogen) atoms. The maximum absolute atomic E-state index is 5.23. The van der Waals surface area contributed by atoms with E-state index in [0.29, 0.717) is 0 Å². The number of aromatic nitrogens is 1. The van der Waals surface area contributed by atoms with Crippen molar-refractivity contribution in [1.82, 2.24) is 10.3 Å². The van der Waals surface area contributed by atoms with Gasteiger partial charge in [0.15, 0.2) is 0 Å². The number of rotatable bonds is 5. The monoisotopic (exact) mass is 260 g/mol. The van der Waals surface area contributed by atoms with Gasteiger partial charge in [0.25, 0.3) is 0 Å². The minimum absolute atomic E-state index is 0.731. The molecule has 94 valence electrons. The van der Waals surface area contributed by atoms with Gasteiger partial charge in [0.1, 0.15) is 10.8 Å². The second-order valence-electron chi connectivity index (χ2n) is 4.51. The zero-order valence-electron chi connectivity index (χ0n) is 10.3. The molecule has 0 radical (unpaired) electrons. The third-order valence-corrected chi connectivity index (χ3v) is 3.89. The molecule has 1 aromatic carbocycles. The summed E-state index contributed by atoms with van der Waals surface area (Å²) in [5, 5.41) is 6.75. The van der Waals surface area contributed by atoms with Crippen molar-refractivity contribution in [2.24, 2.45) is 0 Å². The first-order valence-electron chi connectivity index (χ1n) is 6.17. The standard InChI is InChI=1S/C14H16N2OS/c1-17-12-4-2-3-10(7-12)13-9-18-14(16-13)8-15-11-5-6-11/h2-4,7,9,11,15H,5-6,8H2,1H3. The third-order valence-electron chi connectivity index (χ3n) is 3.04. The van der Waals surface area contributed by atoms with Gasteiger partial charge in [0, 0.05) is 23.5 Å². The first kappa shape index (κ1) is 11.7. The SMILES string of the molecule is COc1cccc(-c2csc(CNC3CC3)n2)c1. The van der Waals surface area contributed by atoms with Crippen LogP contribution in [-0.2, 0) is 6.54 Å². The largest absolute Gasteiger partial charge is 0.497 e. The van der Waals surface area contributed by atoms with E-state index in [2.05, 4.69) is 21.7 Å². The highest BCUT2D eigenvalue weighted by Crippen LogP contribution is 2.26. The first-order valence-corrected chi connectivity index (χ1v) is 7.05. The van der Waals surface area contributed by atoms with Crippen molar-refractivity contribution >= 4 is 11.3 Å². The molecule has 0 bridgehead atoms. The molecule has 3 rings (SSSR count). The molecular formula is C14H16N2OS. The highest BCUT2D eigenvalue weighted by Gasteiger charge is 2.20. The number of thiazole rings is 1. The second kappa shape index (κ2) is 5.08. The quantitative estimate of drug-likeness (QED) is 0.897. The van der Waals surface area contributed by atoms with Crippen LogP contribution in [0.2, 0.25) is 0 Å². The Bertz CT molecular complexity index is 534. The Kier molecular flexibility index (Phi) is 3.30. The fourth-order valence-electron chi connectivity index (χ4n) is 1.83. The van der Waals surface area contributed by atoms with E-state index >= 15 is 0 Å². The maximum atomic E-state index is 5.23. The van der Waals surface area contributed by atoms with Crippen LogP contribution in [0.15, 0.2) is 29.6 Å². The molecule has 3 nitrogen and oxygen atoms in total. The Morgan fingerprint density at radius 1 is 1.44 bits per heavy atom. The summed E-state index contributed by atoms with van der Waals surface area (Å²) in [4.78, 5) is 4.66. The molecule has 1 saturated carbocycles. The van der Waals surface area contributed by atoms with E-state index in [1.54, 1.807) is 18.4 Å². The molecule has 2 aromatic rings. The van der Waals surface area contributed by atoms with Crippen molar-refractivity contribution in [1.29, 1.82) is 0 Å². The van der Waals surface area contributed by atoms with Crippen molar-refractivity contribution in [2.45, 2.75) is 25.4 Å². The average molecular weight is 260 g/mol. The molecule has 1 aromatic heterocycles. The Balaban J connectivity index is 1.74. The van der Waals surface area contributed by atoms with Gasteiger partial charge in [-0.1, -0.05) is 12.1 Å². The van der Waals surface area contributed by atoms with Gasteiger partial charge in [0.2, 0.25) is 0 Å². The summed E-state index contributed by atoms with van der Waals surface area (Å²) in [7, 11) is 1.69. The van der Waals surface area contributed by atoms with Gasteiger partial charge in [-0.2, -0.15) is 0 Å². The zero-order valence-corrected chi connectivity index (χ0v) is 11.2. The molecule has 1 aliphatic rings. The topological polar surface area (TPSA) is 34.1 Å². The summed E-state index contributed by atoms with van der Waals surface area (Å²) in [5.41, 5.74) is 2.15. The molecule has 0 unspecified atom stereocenters. The van der Waals surface area contributed by atoms with E-state index in [0.717, 1.165) is 34.6 Å². The van der Waals surface area contributed by atoms with Crippen molar-refractivity contribution in [3.63, 3.8) is 0 Å². The van der Waals surface area contributed by atoms with Crippen molar-refractivity contribution < 1.29 is 4.74 Å². The van der Waals surface area contributed by atoms with Crippen molar-refractivity contribution in [3.8, 4) is 17.0 Å². The van der Waals surface area contributed by atoms with Crippen LogP contribution in [0.1, 0.15) is 17.8 Å². The number of ether oxygens (including phenoxy) is 1. The van der Waals surface area contributed by atoms with Gasteiger partial charge >= 0.3 is 0 Å². The number of nitrogens with one attached hydrogen (secondary N) is 1. The van der Waals surface area contributed by atoms with Gasteiger partial charge in [0.05, 0.1) is 12.8 Å².